The molecule has 5 heteroatoms. The second-order valence-electron chi connectivity index (χ2n) is 8.70. The molecule has 0 spiro atoms. The third-order valence-corrected chi connectivity index (χ3v) is 5.77. The number of carbonyl (C=O) groups excluding carboxylic acids is 2. The fourth-order valence-corrected chi connectivity index (χ4v) is 3.92. The van der Waals surface area contributed by atoms with E-state index in [1.807, 2.05) is 30.0 Å². The van der Waals surface area contributed by atoms with Crippen molar-refractivity contribution >= 4 is 17.5 Å². The van der Waals surface area contributed by atoms with Crippen LogP contribution in [0.2, 0.25) is 0 Å². The summed E-state index contributed by atoms with van der Waals surface area (Å²) in [5.74, 6) is 0.726. The lowest BCUT2D eigenvalue weighted by Gasteiger charge is -2.23. The second-order valence-corrected chi connectivity index (χ2v) is 8.70. The number of nitrogens with one attached hydrogen (secondary N) is 1. The molecule has 0 saturated carbocycles. The number of hydrogen-bond donors (Lipinski definition) is 1. The van der Waals surface area contributed by atoms with Crippen LogP contribution in [-0.2, 0) is 4.79 Å². The molecule has 2 amide bonds. The molecule has 1 aliphatic heterocycles. The number of amides is 2. The van der Waals surface area contributed by atoms with Crippen molar-refractivity contribution < 1.29 is 14.3 Å². The van der Waals surface area contributed by atoms with E-state index in [4.69, 9.17) is 4.74 Å². The van der Waals surface area contributed by atoms with Gasteiger partial charge in [-0.05, 0) is 61.9 Å². The molecule has 1 atom stereocenters. The van der Waals surface area contributed by atoms with Crippen molar-refractivity contribution in [1.29, 1.82) is 0 Å². The number of anilines is 1. The van der Waals surface area contributed by atoms with Crippen molar-refractivity contribution in [2.24, 2.45) is 0 Å². The zero-order valence-electron chi connectivity index (χ0n) is 19.1. The normalized spacial score (nSPS) is 15.3. The summed E-state index contributed by atoms with van der Waals surface area (Å²) >= 11 is 0. The van der Waals surface area contributed by atoms with Crippen LogP contribution in [0.1, 0.15) is 73.9 Å². The molecule has 2 aromatic rings. The van der Waals surface area contributed by atoms with E-state index in [0.717, 1.165) is 55.6 Å². The Morgan fingerprint density at radius 1 is 0.968 bits per heavy atom. The molecular weight excluding hydrogens is 388 g/mol. The molecule has 0 unspecified atom stereocenters. The molecule has 0 aromatic heterocycles. The highest BCUT2D eigenvalue weighted by Crippen LogP contribution is 2.28. The largest absolute Gasteiger partial charge is 0.481 e. The predicted molar refractivity (Wildman–Crippen MR) is 125 cm³/mol. The van der Waals surface area contributed by atoms with Crippen molar-refractivity contribution in [3.63, 3.8) is 0 Å². The van der Waals surface area contributed by atoms with E-state index in [0.29, 0.717) is 11.3 Å². The van der Waals surface area contributed by atoms with E-state index in [-0.39, 0.29) is 17.7 Å². The highest BCUT2D eigenvalue weighted by molar-refractivity contribution is 6.04. The number of para-hydroxylation sites is 1. The zero-order valence-corrected chi connectivity index (χ0v) is 19.1. The van der Waals surface area contributed by atoms with Crippen LogP contribution in [0.3, 0.4) is 0 Å². The number of benzene rings is 2. The Balaban J connectivity index is 1.74. The first-order valence-electron chi connectivity index (χ1n) is 11.3. The maximum absolute atomic E-state index is 13.1. The molecule has 1 aliphatic rings. The topological polar surface area (TPSA) is 58.6 Å². The molecule has 5 nitrogen and oxygen atoms in total. The summed E-state index contributed by atoms with van der Waals surface area (Å²) in [6, 6.07) is 13.3. The Bertz CT molecular complexity index is 915. The van der Waals surface area contributed by atoms with Crippen molar-refractivity contribution in [2.45, 2.75) is 65.4 Å². The average molecular weight is 423 g/mol. The second kappa shape index (κ2) is 10.5. The molecule has 1 heterocycles. The molecule has 1 N–H and O–H groups in total. The molecule has 31 heavy (non-hydrogen) atoms. The molecule has 0 aliphatic carbocycles. The van der Waals surface area contributed by atoms with Crippen molar-refractivity contribution in [3.05, 3.63) is 59.2 Å². The monoisotopic (exact) mass is 422 g/mol. The number of nitrogens with zero attached hydrogens (tertiary/aromatic N) is 1. The van der Waals surface area contributed by atoms with Gasteiger partial charge < -0.3 is 15.0 Å². The van der Waals surface area contributed by atoms with Crippen LogP contribution in [0, 0.1) is 6.92 Å². The van der Waals surface area contributed by atoms with Gasteiger partial charge in [-0.2, -0.15) is 0 Å². The summed E-state index contributed by atoms with van der Waals surface area (Å²) in [5, 5.41) is 2.92. The first-order valence-corrected chi connectivity index (χ1v) is 11.3. The minimum Gasteiger partial charge on any atom is -0.481 e. The van der Waals surface area contributed by atoms with Crippen LogP contribution >= 0.6 is 0 Å². The minimum absolute atomic E-state index is 0.0212. The lowest BCUT2D eigenvalue weighted by molar-refractivity contribution is -0.122. The van der Waals surface area contributed by atoms with Crippen LogP contribution in [0.5, 0.6) is 5.75 Å². The Morgan fingerprint density at radius 3 is 2.32 bits per heavy atom. The minimum atomic E-state index is -0.694. The Labute approximate surface area is 185 Å². The molecular formula is C26H34N2O3. The summed E-state index contributed by atoms with van der Waals surface area (Å²) in [7, 11) is 0. The number of carbonyl (C=O) groups is 2. The quantitative estimate of drug-likeness (QED) is 0.665. The SMILES string of the molecule is Cc1ccc(C(C)C)c(O[C@H](C)C(=O)Nc2ccccc2C(=O)N2CCCCCC2)c1. The molecule has 3 rings (SSSR count). The third-order valence-electron chi connectivity index (χ3n) is 5.77. The number of ether oxygens (including phenoxy) is 1. The van der Waals surface area contributed by atoms with Gasteiger partial charge in [0.25, 0.3) is 11.8 Å². The van der Waals surface area contributed by atoms with Crippen LogP contribution in [-0.4, -0.2) is 35.9 Å². The Morgan fingerprint density at radius 2 is 1.65 bits per heavy atom. The molecule has 1 saturated heterocycles. The van der Waals surface area contributed by atoms with E-state index >= 15 is 0 Å². The van der Waals surface area contributed by atoms with E-state index in [9.17, 15) is 9.59 Å². The lowest BCUT2D eigenvalue weighted by atomic mass is 10.0. The number of aryl methyl sites for hydroxylation is 1. The first-order chi connectivity index (χ1) is 14.9. The van der Waals surface area contributed by atoms with E-state index in [2.05, 4.69) is 31.3 Å². The number of hydrogen-bond acceptors (Lipinski definition) is 3. The van der Waals surface area contributed by atoms with Gasteiger partial charge in [0.2, 0.25) is 0 Å². The van der Waals surface area contributed by atoms with Gasteiger partial charge in [0, 0.05) is 13.1 Å². The average Bonchev–Trinajstić information content (AvgIpc) is 3.03. The third kappa shape index (κ3) is 5.87. The first kappa shape index (κ1) is 22.9. The molecule has 0 radical (unpaired) electrons. The van der Waals surface area contributed by atoms with E-state index < -0.39 is 6.10 Å². The Kier molecular flexibility index (Phi) is 7.72. The van der Waals surface area contributed by atoms with Crippen LogP contribution in [0.15, 0.2) is 42.5 Å². The van der Waals surface area contributed by atoms with Gasteiger partial charge in [0.05, 0.1) is 11.3 Å². The van der Waals surface area contributed by atoms with E-state index in [1.165, 1.54) is 0 Å². The summed E-state index contributed by atoms with van der Waals surface area (Å²) in [4.78, 5) is 27.9. The van der Waals surface area contributed by atoms with Gasteiger partial charge in [0.1, 0.15) is 5.75 Å². The van der Waals surface area contributed by atoms with Crippen molar-refractivity contribution in [2.75, 3.05) is 18.4 Å². The maximum atomic E-state index is 13.1. The summed E-state index contributed by atoms with van der Waals surface area (Å²) in [6.07, 6.45) is 3.68. The van der Waals surface area contributed by atoms with Crippen LogP contribution in [0.25, 0.3) is 0 Å². The summed E-state index contributed by atoms with van der Waals surface area (Å²) in [5.41, 5.74) is 3.22. The number of rotatable bonds is 6. The smallest absolute Gasteiger partial charge is 0.265 e. The highest BCUT2D eigenvalue weighted by Gasteiger charge is 2.23. The van der Waals surface area contributed by atoms with Gasteiger partial charge in [-0.3, -0.25) is 9.59 Å². The highest BCUT2D eigenvalue weighted by atomic mass is 16.5. The molecule has 166 valence electrons. The number of likely N-dealkylation sites (tertiary alicyclic amines) is 1. The molecule has 2 aromatic carbocycles. The molecule has 1 fully saturated rings. The van der Waals surface area contributed by atoms with Crippen molar-refractivity contribution in [1.82, 2.24) is 4.90 Å². The molecule has 0 bridgehead atoms. The van der Waals surface area contributed by atoms with Crippen molar-refractivity contribution in [3.8, 4) is 5.75 Å². The summed E-state index contributed by atoms with van der Waals surface area (Å²) < 4.78 is 6.05. The fraction of sp³-hybridized carbons (Fsp3) is 0.462. The van der Waals surface area contributed by atoms with Gasteiger partial charge in [0.15, 0.2) is 6.10 Å². The lowest BCUT2D eigenvalue weighted by Crippen LogP contribution is -2.34. The van der Waals surface area contributed by atoms with Gasteiger partial charge >= 0.3 is 0 Å². The van der Waals surface area contributed by atoms with Gasteiger partial charge in [-0.1, -0.05) is 51.0 Å². The van der Waals surface area contributed by atoms with Crippen LogP contribution < -0.4 is 10.1 Å². The standard InChI is InChI=1S/C26H34N2O3/c1-18(2)21-14-13-19(3)17-24(21)31-20(4)25(29)27-23-12-8-7-11-22(23)26(30)28-15-9-5-6-10-16-28/h7-8,11-14,17-18,20H,5-6,9-10,15-16H2,1-4H3,(H,27,29)/t20-/m1/s1. The predicted octanol–water partition coefficient (Wildman–Crippen LogP) is 5.54. The maximum Gasteiger partial charge on any atom is 0.265 e. The van der Waals surface area contributed by atoms with E-state index in [1.54, 1.807) is 19.1 Å². The van der Waals surface area contributed by atoms with Gasteiger partial charge in [-0.15, -0.1) is 0 Å². The van der Waals surface area contributed by atoms with Gasteiger partial charge in [-0.25, -0.2) is 0 Å². The Hall–Kier alpha value is -2.82. The van der Waals surface area contributed by atoms with Crippen LogP contribution in [0.4, 0.5) is 5.69 Å². The zero-order chi connectivity index (χ0) is 22.4. The summed E-state index contributed by atoms with van der Waals surface area (Å²) in [6.45, 7) is 9.49. The fourth-order valence-electron chi connectivity index (χ4n) is 3.92.